The second-order valence-electron chi connectivity index (χ2n) is 6.27. The highest BCUT2D eigenvalue weighted by atomic mass is 127. The van der Waals surface area contributed by atoms with Crippen molar-refractivity contribution in [1.82, 2.24) is 20.5 Å². The topological polar surface area (TPSA) is 52.6 Å². The van der Waals surface area contributed by atoms with Crippen LogP contribution >= 0.6 is 35.3 Å². The Labute approximate surface area is 184 Å². The summed E-state index contributed by atoms with van der Waals surface area (Å²) in [5.41, 5.74) is 2.56. The van der Waals surface area contributed by atoms with Crippen molar-refractivity contribution in [3.05, 3.63) is 51.5 Å². The number of thiazole rings is 1. The van der Waals surface area contributed by atoms with Gasteiger partial charge in [-0.3, -0.25) is 0 Å². The minimum Gasteiger partial charge on any atom is -0.357 e. The number of halogens is 1. The highest BCUT2D eigenvalue weighted by Gasteiger charge is 2.04. The van der Waals surface area contributed by atoms with E-state index < -0.39 is 0 Å². The van der Waals surface area contributed by atoms with Gasteiger partial charge in [-0.25, -0.2) is 9.98 Å². The van der Waals surface area contributed by atoms with Crippen molar-refractivity contribution in [3.63, 3.8) is 0 Å². The van der Waals surface area contributed by atoms with Crippen LogP contribution in [0.15, 0.2) is 35.5 Å². The van der Waals surface area contributed by atoms with E-state index in [0.29, 0.717) is 13.1 Å². The zero-order valence-corrected chi connectivity index (χ0v) is 19.9. The van der Waals surface area contributed by atoms with Crippen molar-refractivity contribution in [3.8, 4) is 0 Å². The van der Waals surface area contributed by atoms with E-state index in [9.17, 15) is 0 Å². The molecule has 7 heteroatoms. The van der Waals surface area contributed by atoms with Gasteiger partial charge in [0.1, 0.15) is 5.01 Å². The average Bonchev–Trinajstić information content (AvgIpc) is 3.12. The summed E-state index contributed by atoms with van der Waals surface area (Å²) in [6.45, 7) is 10.6. The summed E-state index contributed by atoms with van der Waals surface area (Å²) >= 11 is 1.76. The van der Waals surface area contributed by atoms with Gasteiger partial charge in [-0.15, -0.1) is 35.3 Å². The van der Waals surface area contributed by atoms with Crippen LogP contribution < -0.4 is 10.6 Å². The monoisotopic (exact) mass is 501 g/mol. The number of nitrogens with one attached hydrogen (secondary N) is 2. The van der Waals surface area contributed by atoms with E-state index in [4.69, 9.17) is 4.99 Å². The van der Waals surface area contributed by atoms with E-state index in [0.717, 1.165) is 37.0 Å². The molecular weight excluding hydrogens is 469 g/mol. The molecule has 0 spiro atoms. The van der Waals surface area contributed by atoms with Gasteiger partial charge in [0.2, 0.25) is 0 Å². The first-order valence-corrected chi connectivity index (χ1v) is 10.2. The number of nitrogens with zero attached hydrogens (tertiary/aromatic N) is 3. The Hall–Kier alpha value is -1.19. The molecule has 0 saturated carbocycles. The smallest absolute Gasteiger partial charge is 0.191 e. The van der Waals surface area contributed by atoms with Crippen molar-refractivity contribution in [2.75, 3.05) is 20.1 Å². The summed E-state index contributed by atoms with van der Waals surface area (Å²) in [6.07, 6.45) is 3.00. The second-order valence-corrected chi connectivity index (χ2v) is 7.47. The Morgan fingerprint density at radius 2 is 1.96 bits per heavy atom. The van der Waals surface area contributed by atoms with Gasteiger partial charge in [-0.2, -0.15) is 0 Å². The van der Waals surface area contributed by atoms with Crippen LogP contribution in [0.4, 0.5) is 0 Å². The number of aromatic nitrogens is 1. The molecule has 0 radical (unpaired) electrons. The molecule has 2 aromatic rings. The normalized spacial score (nSPS) is 11.4. The van der Waals surface area contributed by atoms with Crippen molar-refractivity contribution < 1.29 is 0 Å². The molecule has 0 saturated heterocycles. The largest absolute Gasteiger partial charge is 0.357 e. The van der Waals surface area contributed by atoms with Crippen LogP contribution in [0.1, 0.15) is 41.8 Å². The molecule has 0 bridgehead atoms. The second kappa shape index (κ2) is 13.1. The lowest BCUT2D eigenvalue weighted by molar-refractivity contribution is 0.345. The van der Waals surface area contributed by atoms with Crippen molar-refractivity contribution in [2.24, 2.45) is 4.99 Å². The first-order valence-electron chi connectivity index (χ1n) is 9.36. The van der Waals surface area contributed by atoms with Gasteiger partial charge >= 0.3 is 0 Å². The summed E-state index contributed by atoms with van der Waals surface area (Å²) in [5.74, 6) is 0.830. The van der Waals surface area contributed by atoms with E-state index >= 15 is 0 Å². The lowest BCUT2D eigenvalue weighted by atomic mass is 10.1. The molecule has 1 aromatic carbocycles. The van der Waals surface area contributed by atoms with E-state index in [1.807, 2.05) is 6.20 Å². The zero-order chi connectivity index (χ0) is 18.8. The number of aliphatic imine (C=N–C) groups is 1. The van der Waals surface area contributed by atoms with Crippen LogP contribution in [0, 0.1) is 0 Å². The maximum Gasteiger partial charge on any atom is 0.191 e. The Balaban J connectivity index is 0.00000364. The molecule has 1 heterocycles. The number of rotatable bonds is 9. The van der Waals surface area contributed by atoms with Crippen LogP contribution in [0.2, 0.25) is 0 Å². The number of guanidine groups is 1. The van der Waals surface area contributed by atoms with E-state index in [1.165, 1.54) is 16.0 Å². The summed E-state index contributed by atoms with van der Waals surface area (Å²) in [5, 5.41) is 7.78. The molecule has 0 amide bonds. The summed E-state index contributed by atoms with van der Waals surface area (Å²) in [4.78, 5) is 12.8. The van der Waals surface area contributed by atoms with Gasteiger partial charge < -0.3 is 15.5 Å². The van der Waals surface area contributed by atoms with E-state index in [1.54, 1.807) is 11.3 Å². The lowest BCUT2D eigenvalue weighted by Crippen LogP contribution is -2.36. The van der Waals surface area contributed by atoms with Gasteiger partial charge in [-0.05, 0) is 38.1 Å². The quantitative estimate of drug-likeness (QED) is 0.310. The van der Waals surface area contributed by atoms with Crippen molar-refractivity contribution in [1.29, 1.82) is 0 Å². The third-order valence-corrected chi connectivity index (χ3v) is 5.25. The highest BCUT2D eigenvalue weighted by molar-refractivity contribution is 14.0. The maximum atomic E-state index is 4.72. The molecular formula is C20H32IN5S. The molecule has 0 aliphatic carbocycles. The lowest BCUT2D eigenvalue weighted by Gasteiger charge is -2.14. The fraction of sp³-hybridized carbons (Fsp3) is 0.500. The number of hydrogen-bond acceptors (Lipinski definition) is 4. The molecule has 0 fully saturated rings. The third kappa shape index (κ3) is 8.57. The summed E-state index contributed by atoms with van der Waals surface area (Å²) < 4.78 is 0. The Kier molecular flexibility index (Phi) is 11.5. The fourth-order valence-corrected chi connectivity index (χ4v) is 3.32. The van der Waals surface area contributed by atoms with Crippen LogP contribution in [0.5, 0.6) is 0 Å². The highest BCUT2D eigenvalue weighted by Crippen LogP contribution is 2.13. The predicted octanol–water partition coefficient (Wildman–Crippen LogP) is 4.03. The van der Waals surface area contributed by atoms with Crippen LogP contribution in [-0.2, 0) is 26.1 Å². The standard InChI is InChI=1S/C20H31N5S.HI/c1-5-18-13-22-19(26-18)14-24-20(21-6-2)23-12-16-9-8-10-17(11-16)15-25(4)7-3;/h8-11,13H,5-7,12,14-15H2,1-4H3,(H2,21,23,24);1H. The predicted molar refractivity (Wildman–Crippen MR) is 127 cm³/mol. The molecule has 2 N–H and O–H groups in total. The average molecular weight is 501 g/mol. The van der Waals surface area contributed by atoms with Crippen molar-refractivity contribution >= 4 is 41.3 Å². The van der Waals surface area contributed by atoms with Crippen LogP contribution in [0.3, 0.4) is 0 Å². The van der Waals surface area contributed by atoms with Gasteiger partial charge in [-0.1, -0.05) is 38.1 Å². The molecule has 150 valence electrons. The number of aryl methyl sites for hydroxylation is 1. The molecule has 0 unspecified atom stereocenters. The number of benzene rings is 1. The Morgan fingerprint density at radius 3 is 2.63 bits per heavy atom. The third-order valence-electron chi connectivity index (χ3n) is 4.10. The Bertz CT molecular complexity index is 701. The summed E-state index contributed by atoms with van der Waals surface area (Å²) in [6, 6.07) is 8.67. The number of hydrogen-bond donors (Lipinski definition) is 2. The Morgan fingerprint density at radius 1 is 1.19 bits per heavy atom. The first kappa shape index (κ1) is 23.8. The fourth-order valence-electron chi connectivity index (χ4n) is 2.51. The van der Waals surface area contributed by atoms with Gasteiger partial charge in [0.05, 0.1) is 13.1 Å². The van der Waals surface area contributed by atoms with Gasteiger partial charge in [0, 0.05) is 24.2 Å². The summed E-state index contributed by atoms with van der Waals surface area (Å²) in [7, 11) is 2.14. The van der Waals surface area contributed by atoms with E-state index in [-0.39, 0.29) is 24.0 Å². The molecule has 0 aliphatic rings. The SMILES string of the molecule is CCNC(=NCc1cccc(CN(C)CC)c1)NCc1ncc(CC)s1.I. The first-order chi connectivity index (χ1) is 12.6. The van der Waals surface area contributed by atoms with Gasteiger partial charge in [0.15, 0.2) is 5.96 Å². The molecule has 27 heavy (non-hydrogen) atoms. The zero-order valence-electron chi connectivity index (χ0n) is 16.8. The van der Waals surface area contributed by atoms with Gasteiger partial charge in [0.25, 0.3) is 0 Å². The van der Waals surface area contributed by atoms with Crippen LogP contribution in [-0.4, -0.2) is 36.0 Å². The molecule has 5 nitrogen and oxygen atoms in total. The maximum absolute atomic E-state index is 4.72. The van der Waals surface area contributed by atoms with Crippen LogP contribution in [0.25, 0.3) is 0 Å². The molecule has 1 aromatic heterocycles. The van der Waals surface area contributed by atoms with Crippen molar-refractivity contribution in [2.45, 2.75) is 46.8 Å². The molecule has 0 atom stereocenters. The minimum absolute atomic E-state index is 0. The molecule has 0 aliphatic heterocycles. The molecule has 2 rings (SSSR count). The minimum atomic E-state index is 0. The van der Waals surface area contributed by atoms with E-state index in [2.05, 4.69) is 72.6 Å².